The average Bonchev–Trinajstić information content (AvgIpc) is 3.16. The summed E-state index contributed by atoms with van der Waals surface area (Å²) in [7, 11) is -1.50. The highest BCUT2D eigenvalue weighted by Crippen LogP contribution is 2.23. The van der Waals surface area contributed by atoms with Crippen molar-refractivity contribution in [3.63, 3.8) is 0 Å². The molecule has 1 aliphatic heterocycles. The number of carbonyl (C=O) groups is 1. The van der Waals surface area contributed by atoms with E-state index in [4.69, 9.17) is 0 Å². The van der Waals surface area contributed by atoms with Crippen molar-refractivity contribution in [1.29, 1.82) is 0 Å². The molecule has 0 spiro atoms. The summed E-state index contributed by atoms with van der Waals surface area (Å²) in [6.45, 7) is 3.81. The number of nitrogens with one attached hydrogen (secondary N) is 1. The summed E-state index contributed by atoms with van der Waals surface area (Å²) in [5.41, 5.74) is 1.29. The van der Waals surface area contributed by atoms with Crippen molar-refractivity contribution in [2.45, 2.75) is 36.7 Å². The molecule has 1 aliphatic rings. The number of hydrogen-bond donors (Lipinski definition) is 1. The maximum Gasteiger partial charge on any atom is 0.274 e. The normalized spacial score (nSPS) is 18.9. The molecule has 1 aromatic heterocycles. The van der Waals surface area contributed by atoms with Gasteiger partial charge in [-0.25, -0.2) is 8.42 Å². The van der Waals surface area contributed by atoms with Crippen LogP contribution in [-0.4, -0.2) is 55.4 Å². The number of rotatable bonds is 5. The van der Waals surface area contributed by atoms with Gasteiger partial charge < -0.3 is 10.2 Å². The first-order valence-electron chi connectivity index (χ1n) is 9.10. The first-order chi connectivity index (χ1) is 12.8. The number of aromatic nitrogens is 2. The highest BCUT2D eigenvalue weighted by atomic mass is 32.2. The Bertz CT molecular complexity index is 899. The number of nitrogens with zero attached hydrogens (tertiary/aromatic N) is 3. The smallest absolute Gasteiger partial charge is 0.274 e. The minimum Gasteiger partial charge on any atom is -0.334 e. The molecule has 1 fully saturated rings. The van der Waals surface area contributed by atoms with Gasteiger partial charge in [-0.3, -0.25) is 9.48 Å². The van der Waals surface area contributed by atoms with Crippen LogP contribution in [0.4, 0.5) is 0 Å². The van der Waals surface area contributed by atoms with Gasteiger partial charge in [-0.2, -0.15) is 5.10 Å². The van der Waals surface area contributed by atoms with Gasteiger partial charge in [-0.05, 0) is 50.1 Å². The van der Waals surface area contributed by atoms with E-state index in [0.29, 0.717) is 5.69 Å². The van der Waals surface area contributed by atoms with Crippen molar-refractivity contribution >= 4 is 15.7 Å². The topological polar surface area (TPSA) is 84.3 Å². The molecule has 2 unspecified atom stereocenters. The van der Waals surface area contributed by atoms with Gasteiger partial charge >= 0.3 is 0 Å². The van der Waals surface area contributed by atoms with Gasteiger partial charge in [0.1, 0.15) is 5.69 Å². The van der Waals surface area contributed by atoms with Crippen LogP contribution in [0.2, 0.25) is 0 Å². The quantitative estimate of drug-likeness (QED) is 0.845. The van der Waals surface area contributed by atoms with Gasteiger partial charge in [0, 0.05) is 26.0 Å². The third-order valence-corrected chi connectivity index (χ3v) is 6.29. The number of hydrogen-bond acceptors (Lipinski definition) is 5. The predicted octanol–water partition coefficient (Wildman–Crippen LogP) is 2.04. The molecule has 1 saturated heterocycles. The van der Waals surface area contributed by atoms with E-state index in [1.807, 2.05) is 17.8 Å². The largest absolute Gasteiger partial charge is 0.334 e. The van der Waals surface area contributed by atoms with Crippen LogP contribution in [0, 0.1) is 0 Å². The van der Waals surface area contributed by atoms with Crippen molar-refractivity contribution in [2.24, 2.45) is 0 Å². The Morgan fingerprint density at radius 1 is 1.30 bits per heavy atom. The molecular weight excluding hydrogens is 364 g/mol. The maximum absolute atomic E-state index is 12.8. The first kappa shape index (κ1) is 19.6. The fraction of sp³-hybridized carbons (Fsp3) is 0.474. The van der Waals surface area contributed by atoms with Crippen LogP contribution in [0.15, 0.2) is 41.4 Å². The number of benzene rings is 1. The van der Waals surface area contributed by atoms with E-state index in [-0.39, 0.29) is 22.9 Å². The molecule has 8 heteroatoms. The van der Waals surface area contributed by atoms with Crippen LogP contribution >= 0.6 is 0 Å². The van der Waals surface area contributed by atoms with Crippen molar-refractivity contribution in [3.05, 3.63) is 47.8 Å². The van der Waals surface area contributed by atoms with Crippen molar-refractivity contribution in [1.82, 2.24) is 20.0 Å². The second-order valence-corrected chi connectivity index (χ2v) is 9.13. The first-order valence-corrected chi connectivity index (χ1v) is 11.0. The van der Waals surface area contributed by atoms with Crippen molar-refractivity contribution < 1.29 is 13.2 Å². The van der Waals surface area contributed by atoms with E-state index in [9.17, 15) is 13.2 Å². The number of piperidine rings is 1. The number of carbonyl (C=O) groups excluding carboxylic acids is 1. The van der Waals surface area contributed by atoms with Crippen LogP contribution in [0.5, 0.6) is 0 Å². The SMILES string of the molecule is CC(c1ccc(S(C)(=O)=O)cc1)N(C)C(=O)c1ccn(C2CCCNC2)n1. The zero-order chi connectivity index (χ0) is 19.6. The van der Waals surface area contributed by atoms with Crippen LogP contribution in [0.3, 0.4) is 0 Å². The lowest BCUT2D eigenvalue weighted by Gasteiger charge is -2.25. The molecule has 2 atom stereocenters. The molecule has 0 aliphatic carbocycles. The molecule has 2 aromatic rings. The number of amides is 1. The van der Waals surface area contributed by atoms with E-state index >= 15 is 0 Å². The maximum atomic E-state index is 12.8. The van der Waals surface area contributed by atoms with Gasteiger partial charge in [0.25, 0.3) is 5.91 Å². The molecule has 146 valence electrons. The Kier molecular flexibility index (Phi) is 5.67. The summed E-state index contributed by atoms with van der Waals surface area (Å²) in [5, 5.41) is 7.83. The van der Waals surface area contributed by atoms with E-state index in [1.54, 1.807) is 42.3 Å². The summed E-state index contributed by atoms with van der Waals surface area (Å²) >= 11 is 0. The van der Waals surface area contributed by atoms with E-state index < -0.39 is 9.84 Å². The van der Waals surface area contributed by atoms with Crippen LogP contribution in [0.25, 0.3) is 0 Å². The minimum atomic E-state index is -3.23. The lowest BCUT2D eigenvalue weighted by atomic mass is 10.1. The second-order valence-electron chi connectivity index (χ2n) is 7.11. The second kappa shape index (κ2) is 7.82. The van der Waals surface area contributed by atoms with Crippen molar-refractivity contribution in [2.75, 3.05) is 26.4 Å². The molecule has 0 bridgehead atoms. The molecule has 27 heavy (non-hydrogen) atoms. The summed E-state index contributed by atoms with van der Waals surface area (Å²) in [6.07, 6.45) is 5.21. The molecule has 1 N–H and O–H groups in total. The fourth-order valence-electron chi connectivity index (χ4n) is 3.29. The molecule has 1 aromatic carbocycles. The third kappa shape index (κ3) is 4.39. The predicted molar refractivity (Wildman–Crippen MR) is 103 cm³/mol. The Hall–Kier alpha value is -2.19. The highest BCUT2D eigenvalue weighted by Gasteiger charge is 2.23. The Morgan fingerprint density at radius 3 is 2.59 bits per heavy atom. The molecule has 0 saturated carbocycles. The van der Waals surface area contributed by atoms with Crippen LogP contribution in [-0.2, 0) is 9.84 Å². The summed E-state index contributed by atoms with van der Waals surface area (Å²) < 4.78 is 25.1. The molecule has 0 radical (unpaired) electrons. The van der Waals surface area contributed by atoms with E-state index in [2.05, 4.69) is 10.4 Å². The Balaban J connectivity index is 1.72. The Morgan fingerprint density at radius 2 is 2.00 bits per heavy atom. The summed E-state index contributed by atoms with van der Waals surface area (Å²) in [6, 6.07) is 8.48. The van der Waals surface area contributed by atoms with Gasteiger partial charge in [-0.15, -0.1) is 0 Å². The third-order valence-electron chi connectivity index (χ3n) is 5.16. The standard InChI is InChI=1S/C19H26N4O3S/c1-14(15-6-8-17(9-7-15)27(3,25)26)22(2)19(24)18-10-12-23(21-18)16-5-4-11-20-13-16/h6-10,12,14,16,20H,4-5,11,13H2,1-3H3. The van der Waals surface area contributed by atoms with E-state index in [1.165, 1.54) is 6.26 Å². The van der Waals surface area contributed by atoms with Crippen LogP contribution < -0.4 is 5.32 Å². The Labute approximate surface area is 160 Å². The lowest BCUT2D eigenvalue weighted by molar-refractivity contribution is 0.0735. The zero-order valence-electron chi connectivity index (χ0n) is 15.9. The molecular formula is C19H26N4O3S. The van der Waals surface area contributed by atoms with Gasteiger partial charge in [-0.1, -0.05) is 12.1 Å². The summed E-state index contributed by atoms with van der Waals surface area (Å²) in [4.78, 5) is 14.7. The summed E-state index contributed by atoms with van der Waals surface area (Å²) in [5.74, 6) is -0.155. The monoisotopic (exact) mass is 390 g/mol. The molecule has 2 heterocycles. The van der Waals surface area contributed by atoms with Crippen LogP contribution in [0.1, 0.15) is 47.9 Å². The van der Waals surface area contributed by atoms with Gasteiger partial charge in [0.2, 0.25) is 0 Å². The molecule has 3 rings (SSSR count). The van der Waals surface area contributed by atoms with E-state index in [0.717, 1.165) is 31.5 Å². The fourth-order valence-corrected chi connectivity index (χ4v) is 3.92. The number of sulfone groups is 1. The minimum absolute atomic E-state index is 0.155. The average molecular weight is 391 g/mol. The zero-order valence-corrected chi connectivity index (χ0v) is 16.7. The lowest BCUT2D eigenvalue weighted by Crippen LogP contribution is -2.33. The molecule has 7 nitrogen and oxygen atoms in total. The molecule has 1 amide bonds. The van der Waals surface area contributed by atoms with Gasteiger partial charge in [0.05, 0.1) is 17.0 Å². The van der Waals surface area contributed by atoms with Crippen molar-refractivity contribution in [3.8, 4) is 0 Å². The van der Waals surface area contributed by atoms with Gasteiger partial charge in [0.15, 0.2) is 9.84 Å². The highest BCUT2D eigenvalue weighted by molar-refractivity contribution is 7.90.